The van der Waals surface area contributed by atoms with Gasteiger partial charge in [-0.3, -0.25) is 9.78 Å². The van der Waals surface area contributed by atoms with Gasteiger partial charge < -0.3 is 15.2 Å². The summed E-state index contributed by atoms with van der Waals surface area (Å²) in [4.78, 5) is 32.2. The minimum atomic E-state index is -0.529. The molecule has 36 heavy (non-hydrogen) atoms. The summed E-state index contributed by atoms with van der Waals surface area (Å²) >= 11 is 8.10. The molecule has 0 aliphatic heterocycles. The summed E-state index contributed by atoms with van der Waals surface area (Å²) in [5, 5.41) is 7.93. The zero-order chi connectivity index (χ0) is 25.4. The van der Waals surface area contributed by atoms with Crippen molar-refractivity contribution in [1.82, 2.24) is 9.55 Å². The molecular weight excluding hydrogens is 492 g/mol. The zero-order valence-corrected chi connectivity index (χ0v) is 21.5. The number of hydrogen-bond donors (Lipinski definition) is 2. The molecule has 0 spiro atoms. The summed E-state index contributed by atoms with van der Waals surface area (Å²) in [6, 6.07) is 20.2. The van der Waals surface area contributed by atoms with Gasteiger partial charge in [-0.05, 0) is 55.6 Å². The lowest BCUT2D eigenvalue weighted by Crippen LogP contribution is -2.28. The van der Waals surface area contributed by atoms with Crippen LogP contribution >= 0.6 is 23.4 Å². The van der Waals surface area contributed by atoms with E-state index in [1.165, 1.54) is 11.8 Å². The fraction of sp³-hybridized carbons (Fsp3) is 0.107. The van der Waals surface area contributed by atoms with E-state index in [0.29, 0.717) is 21.8 Å². The Hall–Kier alpha value is -3.81. The molecule has 0 saturated carbocycles. The molecule has 0 aliphatic rings. The Bertz CT molecular complexity index is 1710. The third-order valence-corrected chi connectivity index (χ3v) is 7.25. The second-order valence-electron chi connectivity index (χ2n) is 8.41. The number of halogens is 1. The molecule has 0 bridgehead atoms. The number of carbonyl (C=O) groups is 1. The molecule has 8 heteroatoms. The number of urea groups is 1. The molecule has 3 aromatic carbocycles. The van der Waals surface area contributed by atoms with E-state index < -0.39 is 6.03 Å². The Balaban J connectivity index is 1.67. The van der Waals surface area contributed by atoms with Crippen molar-refractivity contribution < 1.29 is 4.79 Å². The first-order valence-electron chi connectivity index (χ1n) is 11.3. The summed E-state index contributed by atoms with van der Waals surface area (Å²) in [5.41, 5.74) is 4.25. The number of aromatic nitrogens is 2. The van der Waals surface area contributed by atoms with Gasteiger partial charge in [0.1, 0.15) is 5.69 Å². The van der Waals surface area contributed by atoms with Crippen LogP contribution in [0.25, 0.3) is 32.9 Å². The Morgan fingerprint density at radius 1 is 0.972 bits per heavy atom. The predicted octanol–water partition coefficient (Wildman–Crippen LogP) is 7.08. The number of hydrogen-bond acceptors (Lipinski definition) is 4. The van der Waals surface area contributed by atoms with Gasteiger partial charge in [-0.2, -0.15) is 0 Å². The Labute approximate surface area is 217 Å². The lowest BCUT2D eigenvalue weighted by Gasteiger charge is -2.19. The molecule has 2 aromatic heterocycles. The summed E-state index contributed by atoms with van der Waals surface area (Å²) in [6.45, 7) is 1.99. The van der Waals surface area contributed by atoms with Crippen LogP contribution in [0.3, 0.4) is 0 Å². The molecule has 2 heterocycles. The number of carbonyl (C=O) groups excluding carboxylic acids is 1. The van der Waals surface area contributed by atoms with Crippen molar-refractivity contribution in [1.29, 1.82) is 0 Å². The van der Waals surface area contributed by atoms with E-state index in [1.807, 2.05) is 73.8 Å². The molecule has 2 N–H and O–H groups in total. The van der Waals surface area contributed by atoms with Crippen LogP contribution in [0.5, 0.6) is 0 Å². The largest absolute Gasteiger partial charge is 0.323 e. The Morgan fingerprint density at radius 2 is 1.75 bits per heavy atom. The number of pyridine rings is 2. The highest BCUT2D eigenvalue weighted by atomic mass is 35.5. The minimum absolute atomic E-state index is 0.158. The SMILES string of the molecule is CSc1ccc2ncccc2c1NC(=O)Nc1c(-c2ccccc2Cl)c2cc(C)ccc2n(C)c1=O. The molecule has 5 aromatic rings. The maximum absolute atomic E-state index is 13.6. The summed E-state index contributed by atoms with van der Waals surface area (Å²) < 4.78 is 1.54. The number of nitrogens with zero attached hydrogens (tertiary/aromatic N) is 2. The molecule has 2 amide bonds. The number of aryl methyl sites for hydroxylation is 2. The number of amides is 2. The molecule has 180 valence electrons. The van der Waals surface area contributed by atoms with Crippen LogP contribution in [-0.4, -0.2) is 21.8 Å². The van der Waals surface area contributed by atoms with Crippen molar-refractivity contribution in [2.24, 2.45) is 7.05 Å². The maximum Gasteiger partial charge on any atom is 0.323 e. The standard InChI is InChI=1S/C28H23ClN4O2S/c1-16-10-12-22-19(15-16)24(17-7-4-5-9-20(17)29)26(27(34)33(22)2)32-28(35)31-25-18-8-6-14-30-21(18)11-13-23(25)36-3/h4-15H,1-3H3,(H2,31,32,35). The van der Waals surface area contributed by atoms with Gasteiger partial charge in [-0.15, -0.1) is 11.8 Å². The van der Waals surface area contributed by atoms with Crippen molar-refractivity contribution in [3.63, 3.8) is 0 Å². The van der Waals surface area contributed by atoms with Crippen molar-refractivity contribution in [3.05, 3.63) is 93.9 Å². The quantitative estimate of drug-likeness (QED) is 0.251. The number of nitrogens with one attached hydrogen (secondary N) is 2. The first-order valence-corrected chi connectivity index (χ1v) is 12.9. The van der Waals surface area contributed by atoms with Crippen LogP contribution < -0.4 is 16.2 Å². The zero-order valence-electron chi connectivity index (χ0n) is 19.9. The van der Waals surface area contributed by atoms with Crippen molar-refractivity contribution in [2.45, 2.75) is 11.8 Å². The summed E-state index contributed by atoms with van der Waals surface area (Å²) in [5.74, 6) is 0. The van der Waals surface area contributed by atoms with Gasteiger partial charge in [0.05, 0.1) is 16.7 Å². The fourth-order valence-electron chi connectivity index (χ4n) is 4.41. The van der Waals surface area contributed by atoms with E-state index in [2.05, 4.69) is 15.6 Å². The smallest absolute Gasteiger partial charge is 0.310 e. The summed E-state index contributed by atoms with van der Waals surface area (Å²) in [6.07, 6.45) is 3.65. The molecule has 0 aliphatic carbocycles. The highest BCUT2D eigenvalue weighted by Gasteiger charge is 2.21. The van der Waals surface area contributed by atoms with Crippen molar-refractivity contribution in [2.75, 3.05) is 16.9 Å². The molecule has 0 unspecified atom stereocenters. The number of thioether (sulfide) groups is 1. The van der Waals surface area contributed by atoms with E-state index in [0.717, 1.165) is 32.3 Å². The molecule has 0 radical (unpaired) electrons. The van der Waals surface area contributed by atoms with E-state index in [4.69, 9.17) is 11.6 Å². The van der Waals surface area contributed by atoms with Crippen LogP contribution in [0.1, 0.15) is 5.56 Å². The number of fused-ring (bicyclic) bond motifs is 2. The monoisotopic (exact) mass is 514 g/mol. The van der Waals surface area contributed by atoms with Crippen LogP contribution in [0.15, 0.2) is 82.6 Å². The highest BCUT2D eigenvalue weighted by Crippen LogP contribution is 2.38. The highest BCUT2D eigenvalue weighted by molar-refractivity contribution is 7.98. The van der Waals surface area contributed by atoms with Gasteiger partial charge in [0.15, 0.2) is 0 Å². The minimum Gasteiger partial charge on any atom is -0.310 e. The normalized spacial score (nSPS) is 11.1. The number of rotatable bonds is 4. The van der Waals surface area contributed by atoms with Crippen LogP contribution in [0, 0.1) is 6.92 Å². The van der Waals surface area contributed by atoms with Crippen LogP contribution in [-0.2, 0) is 7.05 Å². The second kappa shape index (κ2) is 9.68. The lowest BCUT2D eigenvalue weighted by molar-refractivity contribution is 0.262. The van der Waals surface area contributed by atoms with Gasteiger partial charge in [0.25, 0.3) is 5.56 Å². The molecule has 0 fully saturated rings. The average Bonchev–Trinajstić information content (AvgIpc) is 2.88. The molecule has 5 rings (SSSR count). The van der Waals surface area contributed by atoms with Gasteiger partial charge in [0, 0.05) is 45.1 Å². The fourth-order valence-corrected chi connectivity index (χ4v) is 5.21. The van der Waals surface area contributed by atoms with E-state index in [1.54, 1.807) is 23.9 Å². The Kier molecular flexibility index (Phi) is 6.43. The van der Waals surface area contributed by atoms with Crippen LogP contribution in [0.2, 0.25) is 5.02 Å². The van der Waals surface area contributed by atoms with Gasteiger partial charge in [-0.25, -0.2) is 4.79 Å². The first kappa shape index (κ1) is 23.9. The second-order valence-corrected chi connectivity index (χ2v) is 9.66. The number of anilines is 2. The van der Waals surface area contributed by atoms with E-state index >= 15 is 0 Å². The summed E-state index contributed by atoms with van der Waals surface area (Å²) in [7, 11) is 1.70. The molecule has 0 atom stereocenters. The maximum atomic E-state index is 13.6. The van der Waals surface area contributed by atoms with Gasteiger partial charge in [0.2, 0.25) is 0 Å². The van der Waals surface area contributed by atoms with Gasteiger partial charge >= 0.3 is 6.03 Å². The third kappa shape index (κ3) is 4.21. The molecule has 6 nitrogen and oxygen atoms in total. The first-order chi connectivity index (χ1) is 17.4. The topological polar surface area (TPSA) is 76.0 Å². The molecular formula is C28H23ClN4O2S. The van der Waals surface area contributed by atoms with Gasteiger partial charge in [-0.1, -0.05) is 41.4 Å². The third-order valence-electron chi connectivity index (χ3n) is 6.14. The predicted molar refractivity (Wildman–Crippen MR) is 151 cm³/mol. The molecule has 0 saturated heterocycles. The van der Waals surface area contributed by atoms with E-state index in [-0.39, 0.29) is 11.2 Å². The lowest BCUT2D eigenvalue weighted by atomic mass is 9.97. The van der Waals surface area contributed by atoms with Crippen LogP contribution in [0.4, 0.5) is 16.2 Å². The average molecular weight is 515 g/mol. The number of benzene rings is 3. The van der Waals surface area contributed by atoms with Crippen molar-refractivity contribution >= 4 is 62.6 Å². The Morgan fingerprint density at radius 3 is 2.53 bits per heavy atom. The van der Waals surface area contributed by atoms with Crippen molar-refractivity contribution in [3.8, 4) is 11.1 Å². The van der Waals surface area contributed by atoms with E-state index in [9.17, 15) is 9.59 Å².